The summed E-state index contributed by atoms with van der Waals surface area (Å²) in [6.07, 6.45) is 12.1. The van der Waals surface area contributed by atoms with E-state index in [4.69, 9.17) is 9.47 Å². The largest absolute Gasteiger partial charge is 0.478 e. The van der Waals surface area contributed by atoms with Crippen LogP contribution in [-0.4, -0.2) is 0 Å². The van der Waals surface area contributed by atoms with Crippen molar-refractivity contribution >= 4 is 0 Å². The molecule has 124 valence electrons. The molecule has 2 nitrogen and oxygen atoms in total. The van der Waals surface area contributed by atoms with Crippen molar-refractivity contribution in [3.05, 3.63) is 71.9 Å². The lowest BCUT2D eigenvalue weighted by atomic mass is 9.98. The normalized spacial score (nSPS) is 15.5. The molecule has 0 spiro atoms. The average molecular weight is 320 g/mol. The monoisotopic (exact) mass is 320 g/mol. The third-order valence-electron chi connectivity index (χ3n) is 4.89. The Morgan fingerprint density at radius 2 is 0.833 bits per heavy atom. The molecule has 0 fully saturated rings. The molecule has 0 aromatic heterocycles. The molecule has 6 rings (SSSR count). The minimum Gasteiger partial charge on any atom is -0.478 e. The third-order valence-corrected chi connectivity index (χ3v) is 4.89. The predicted molar refractivity (Wildman–Crippen MR) is 95.8 cm³/mol. The van der Waals surface area contributed by atoms with Crippen molar-refractivity contribution in [3.63, 3.8) is 0 Å². The van der Waals surface area contributed by atoms with Crippen LogP contribution >= 0.6 is 0 Å². The molecule has 0 unspecified atom stereocenters. The van der Waals surface area contributed by atoms with Gasteiger partial charge in [0.25, 0.3) is 0 Å². The van der Waals surface area contributed by atoms with Gasteiger partial charge in [-0.2, -0.15) is 0 Å². The molecule has 2 radical (unpaired) electrons. The Labute approximate surface area is 144 Å². The van der Waals surface area contributed by atoms with E-state index >= 15 is 0 Å². The lowest BCUT2D eigenvalue weighted by molar-refractivity contribution is 0.313. The molecular weight excluding hydrogens is 296 g/mol. The van der Waals surface area contributed by atoms with Gasteiger partial charge >= 0.3 is 0 Å². The van der Waals surface area contributed by atoms with Crippen LogP contribution < -0.4 is 9.47 Å². The molecule has 2 heteroatoms. The number of hydrogen-bond donors (Lipinski definition) is 0. The maximum atomic E-state index is 5.81. The van der Waals surface area contributed by atoms with Crippen LogP contribution in [0, 0.1) is 12.2 Å². The van der Waals surface area contributed by atoms with Crippen molar-refractivity contribution in [3.8, 4) is 11.5 Å². The van der Waals surface area contributed by atoms with E-state index < -0.39 is 0 Å². The SMILES string of the molecule is c1cc2ccc1O[C]2CCCCCCCC[C]1Oc2ccc1cc2. The van der Waals surface area contributed by atoms with E-state index in [1.807, 2.05) is 24.3 Å². The maximum Gasteiger partial charge on any atom is 0.177 e. The summed E-state index contributed by atoms with van der Waals surface area (Å²) in [5.74, 6) is 1.97. The van der Waals surface area contributed by atoms with Crippen LogP contribution in [0.5, 0.6) is 11.5 Å². The van der Waals surface area contributed by atoms with Crippen LogP contribution in [0.1, 0.15) is 62.5 Å². The van der Waals surface area contributed by atoms with Gasteiger partial charge in [0, 0.05) is 11.1 Å². The van der Waals surface area contributed by atoms with Crippen molar-refractivity contribution in [1.29, 1.82) is 0 Å². The van der Waals surface area contributed by atoms with Crippen LogP contribution in [0.3, 0.4) is 0 Å². The quantitative estimate of drug-likeness (QED) is 0.523. The van der Waals surface area contributed by atoms with Gasteiger partial charge in [0.05, 0.1) is 0 Å². The fourth-order valence-corrected chi connectivity index (χ4v) is 3.49. The second-order valence-corrected chi connectivity index (χ2v) is 6.72. The summed E-state index contributed by atoms with van der Waals surface area (Å²) < 4.78 is 11.6. The molecule has 0 saturated heterocycles. The Bertz CT molecular complexity index is 585. The van der Waals surface area contributed by atoms with E-state index in [2.05, 4.69) is 24.3 Å². The minimum atomic E-state index is 0.983. The first-order valence-corrected chi connectivity index (χ1v) is 9.17. The summed E-state index contributed by atoms with van der Waals surface area (Å²) in [6.45, 7) is 0. The molecule has 4 heterocycles. The zero-order chi connectivity index (χ0) is 16.2. The van der Waals surface area contributed by atoms with Crippen LogP contribution in [0.4, 0.5) is 0 Å². The van der Waals surface area contributed by atoms with Gasteiger partial charge in [-0.15, -0.1) is 0 Å². The number of rotatable bonds is 9. The second-order valence-electron chi connectivity index (χ2n) is 6.72. The fraction of sp³-hybridized carbons (Fsp3) is 0.364. The minimum absolute atomic E-state index is 0.983. The van der Waals surface area contributed by atoms with Gasteiger partial charge in [0.2, 0.25) is 0 Å². The van der Waals surface area contributed by atoms with Crippen LogP contribution in [-0.2, 0) is 0 Å². The van der Waals surface area contributed by atoms with Gasteiger partial charge in [-0.3, -0.25) is 0 Å². The molecule has 4 aliphatic rings. The molecule has 4 bridgehead atoms. The summed E-state index contributed by atoms with van der Waals surface area (Å²) in [5, 5.41) is 0. The molecule has 0 atom stereocenters. The Hall–Kier alpha value is -1.96. The summed E-state index contributed by atoms with van der Waals surface area (Å²) >= 11 is 0. The Morgan fingerprint density at radius 1 is 0.458 bits per heavy atom. The van der Waals surface area contributed by atoms with E-state index in [9.17, 15) is 0 Å². The molecule has 4 aliphatic heterocycles. The average Bonchev–Trinajstić information content (AvgIpc) is 2.66. The predicted octanol–water partition coefficient (Wildman–Crippen LogP) is 6.05. The van der Waals surface area contributed by atoms with Crippen LogP contribution in [0.2, 0.25) is 0 Å². The lowest BCUT2D eigenvalue weighted by Gasteiger charge is -2.23. The summed E-state index contributed by atoms with van der Waals surface area (Å²) in [5.41, 5.74) is 2.50. The maximum absolute atomic E-state index is 5.81. The van der Waals surface area contributed by atoms with E-state index in [1.165, 1.54) is 49.7 Å². The number of fused-ring (bicyclic) bond motifs is 6. The standard InChI is InChI=1S/C22H24O2/c1(3-5-7-21-17-9-13-19(23-21)14-10-17)2-4-6-8-22-18-11-15-20(24-22)16-12-18/h9-16H,1-8H2. The van der Waals surface area contributed by atoms with E-state index in [1.54, 1.807) is 0 Å². The third kappa shape index (κ3) is 3.58. The van der Waals surface area contributed by atoms with Crippen LogP contribution in [0.15, 0.2) is 48.5 Å². The lowest BCUT2D eigenvalue weighted by Crippen LogP contribution is -2.13. The molecule has 0 amide bonds. The molecule has 0 saturated carbocycles. The molecule has 24 heavy (non-hydrogen) atoms. The smallest absolute Gasteiger partial charge is 0.177 e. The Balaban J connectivity index is 1.04. The number of unbranched alkanes of at least 4 members (excludes halogenated alkanes) is 5. The van der Waals surface area contributed by atoms with Gasteiger partial charge in [-0.25, -0.2) is 0 Å². The Kier molecular flexibility index (Phi) is 4.73. The number of ether oxygens (including phenoxy) is 2. The zero-order valence-corrected chi connectivity index (χ0v) is 14.1. The first kappa shape index (κ1) is 15.6. The second kappa shape index (κ2) is 7.29. The van der Waals surface area contributed by atoms with Gasteiger partial charge in [-0.05, 0) is 49.9 Å². The van der Waals surface area contributed by atoms with Gasteiger partial charge < -0.3 is 9.47 Å². The molecule has 2 aromatic rings. The van der Waals surface area contributed by atoms with Crippen molar-refractivity contribution < 1.29 is 9.47 Å². The zero-order valence-electron chi connectivity index (χ0n) is 14.1. The highest BCUT2D eigenvalue weighted by Crippen LogP contribution is 2.33. The van der Waals surface area contributed by atoms with Crippen molar-refractivity contribution in [1.82, 2.24) is 0 Å². The molecule has 0 N–H and O–H groups in total. The number of hydrogen-bond acceptors (Lipinski definition) is 2. The first-order chi connectivity index (χ1) is 11.9. The number of benzene rings is 2. The highest BCUT2D eigenvalue weighted by atomic mass is 16.5. The fourth-order valence-electron chi connectivity index (χ4n) is 3.49. The van der Waals surface area contributed by atoms with E-state index in [0.717, 1.165) is 36.5 Å². The Morgan fingerprint density at radius 3 is 1.17 bits per heavy atom. The van der Waals surface area contributed by atoms with Gasteiger partial charge in [0.1, 0.15) is 11.5 Å². The highest BCUT2D eigenvalue weighted by Gasteiger charge is 2.20. The molecule has 2 aromatic carbocycles. The van der Waals surface area contributed by atoms with Gasteiger partial charge in [-0.1, -0.05) is 49.9 Å². The summed E-state index contributed by atoms with van der Waals surface area (Å²) in [4.78, 5) is 0. The van der Waals surface area contributed by atoms with Crippen molar-refractivity contribution in [2.45, 2.75) is 51.4 Å². The topological polar surface area (TPSA) is 18.5 Å². The molecular formula is C22H24O2. The molecule has 0 aliphatic carbocycles. The summed E-state index contributed by atoms with van der Waals surface area (Å²) in [7, 11) is 0. The van der Waals surface area contributed by atoms with Gasteiger partial charge in [0.15, 0.2) is 12.2 Å². The van der Waals surface area contributed by atoms with Crippen LogP contribution in [0.25, 0.3) is 0 Å². The van der Waals surface area contributed by atoms with Crippen molar-refractivity contribution in [2.24, 2.45) is 0 Å². The van der Waals surface area contributed by atoms with E-state index in [-0.39, 0.29) is 0 Å². The first-order valence-electron chi connectivity index (χ1n) is 9.17. The van der Waals surface area contributed by atoms with Crippen molar-refractivity contribution in [2.75, 3.05) is 0 Å². The highest BCUT2D eigenvalue weighted by molar-refractivity contribution is 5.41. The summed E-state index contributed by atoms with van der Waals surface area (Å²) in [6, 6.07) is 16.8. The van der Waals surface area contributed by atoms with E-state index in [0.29, 0.717) is 0 Å².